The van der Waals surface area contributed by atoms with Gasteiger partial charge in [-0.3, -0.25) is 4.79 Å². The average Bonchev–Trinajstić information content (AvgIpc) is 3.47. The lowest BCUT2D eigenvalue weighted by molar-refractivity contribution is -0.253. The second-order valence-corrected chi connectivity index (χ2v) is 13.9. The van der Waals surface area contributed by atoms with Gasteiger partial charge in [0.25, 0.3) is 5.89 Å². The number of carbonyl (C=O) groups is 1. The summed E-state index contributed by atoms with van der Waals surface area (Å²) in [6.07, 6.45) is 2.98. The molecule has 1 amide bonds. The minimum absolute atomic E-state index is 0.0167. The highest BCUT2D eigenvalue weighted by Crippen LogP contribution is 2.59. The van der Waals surface area contributed by atoms with Crippen molar-refractivity contribution in [3.63, 3.8) is 0 Å². The minimum atomic E-state index is -4.33. The second-order valence-electron chi connectivity index (χ2n) is 13.9. The van der Waals surface area contributed by atoms with E-state index in [0.29, 0.717) is 25.6 Å². The fourth-order valence-corrected chi connectivity index (χ4v) is 7.47. The molecule has 4 saturated carbocycles. The van der Waals surface area contributed by atoms with Gasteiger partial charge in [-0.25, -0.2) is 4.39 Å². The number of aromatic nitrogens is 2. The number of nitrogens with zero attached hydrogens (tertiary/aromatic N) is 3. The fourth-order valence-electron chi connectivity index (χ4n) is 7.47. The van der Waals surface area contributed by atoms with Crippen LogP contribution >= 0.6 is 0 Å². The maximum absolute atomic E-state index is 14.4. The van der Waals surface area contributed by atoms with Gasteiger partial charge < -0.3 is 14.2 Å². The largest absolute Gasteiger partial charge is 0.394 e. The monoisotopic (exact) mass is 589 g/mol. The molecule has 0 spiro atoms. The molecule has 42 heavy (non-hydrogen) atoms. The Kier molecular flexibility index (Phi) is 7.10. The number of fused-ring (bicyclic) bond motifs is 3. The molecule has 1 aliphatic heterocycles. The van der Waals surface area contributed by atoms with Crippen molar-refractivity contribution in [3.8, 4) is 0 Å². The first kappa shape index (κ1) is 29.3. The summed E-state index contributed by atoms with van der Waals surface area (Å²) in [5.41, 5.74) is -1.08. The first-order chi connectivity index (χ1) is 19.7. The number of halogens is 4. The molecule has 2 bridgehead atoms. The van der Waals surface area contributed by atoms with Crippen molar-refractivity contribution in [1.82, 2.24) is 10.1 Å². The Hall–Kier alpha value is -2.75. The van der Waals surface area contributed by atoms with Crippen LogP contribution in [0.5, 0.6) is 0 Å². The summed E-state index contributed by atoms with van der Waals surface area (Å²) in [6, 6.07) is 7.84. The number of carbonyl (C=O) groups excluding carboxylic acids is 1. The van der Waals surface area contributed by atoms with Crippen LogP contribution in [0.1, 0.15) is 95.8 Å². The molecule has 4 fully saturated rings. The van der Waals surface area contributed by atoms with Crippen LogP contribution < -0.4 is 4.90 Å². The van der Waals surface area contributed by atoms with Crippen LogP contribution in [0.2, 0.25) is 0 Å². The van der Waals surface area contributed by atoms with Crippen molar-refractivity contribution in [1.29, 1.82) is 0 Å². The number of hydrogen-bond donors (Lipinski definition) is 0. The first-order valence-electron chi connectivity index (χ1n) is 15.0. The normalized spacial score (nSPS) is 31.4. The van der Waals surface area contributed by atoms with Crippen LogP contribution in [0.25, 0.3) is 5.57 Å². The molecule has 1 aromatic heterocycles. The highest BCUT2D eigenvalue weighted by atomic mass is 19.4. The Morgan fingerprint density at radius 3 is 2.33 bits per heavy atom. The van der Waals surface area contributed by atoms with Gasteiger partial charge in [0.2, 0.25) is 5.91 Å². The van der Waals surface area contributed by atoms with Gasteiger partial charge in [-0.1, -0.05) is 30.3 Å². The zero-order valence-electron chi connectivity index (χ0n) is 24.5. The van der Waals surface area contributed by atoms with E-state index in [2.05, 4.69) is 10.1 Å². The highest BCUT2D eigenvalue weighted by Gasteiger charge is 2.61. The molecule has 0 atom stereocenters. The molecule has 10 heteroatoms. The zero-order chi connectivity index (χ0) is 30.0. The fraction of sp³-hybridized carbons (Fsp3) is 0.656. The Labute approximate surface area is 243 Å². The van der Waals surface area contributed by atoms with Crippen LogP contribution in [0.3, 0.4) is 0 Å². The van der Waals surface area contributed by atoms with Crippen molar-refractivity contribution < 1.29 is 31.6 Å². The second kappa shape index (κ2) is 10.2. The molecule has 0 radical (unpaired) electrons. The number of rotatable bonds is 7. The first-order valence-corrected chi connectivity index (χ1v) is 15.0. The molecular weight excluding hydrogens is 550 g/mol. The lowest BCUT2D eigenvalue weighted by Gasteiger charge is -2.54. The van der Waals surface area contributed by atoms with E-state index < -0.39 is 23.2 Å². The molecular formula is C32H39F4N3O3. The van der Waals surface area contributed by atoms with E-state index >= 15 is 0 Å². The maximum atomic E-state index is 14.4. The van der Waals surface area contributed by atoms with Crippen LogP contribution in [-0.2, 0) is 20.6 Å². The van der Waals surface area contributed by atoms with E-state index in [-0.39, 0.29) is 35.5 Å². The standard InChI is InChI=1S/C32H39F4N3O3/c1-28(2,33)27-37-26(38-42-27)31-12-9-30(10-13-31,11-14-31)20-39(25(40)23-18-29(3,19-23)32(34,35)36)24-6-4-5-22(17-24)21-7-15-41-16-8-21/h4-7,17,23H,8-16,18-20H2,1-3H3. The summed E-state index contributed by atoms with van der Waals surface area (Å²) in [4.78, 5) is 20.2. The van der Waals surface area contributed by atoms with Crippen molar-refractivity contribution in [2.45, 2.75) is 95.8 Å². The predicted molar refractivity (Wildman–Crippen MR) is 149 cm³/mol. The van der Waals surface area contributed by atoms with Gasteiger partial charge >= 0.3 is 6.18 Å². The van der Waals surface area contributed by atoms with Crippen LogP contribution in [-0.4, -0.2) is 42.0 Å². The Bertz CT molecular complexity index is 1340. The molecule has 6 nitrogen and oxygen atoms in total. The van der Waals surface area contributed by atoms with E-state index in [9.17, 15) is 22.4 Å². The number of anilines is 1. The molecule has 0 saturated heterocycles. The Balaban J connectivity index is 1.25. The summed E-state index contributed by atoms with van der Waals surface area (Å²) in [5.74, 6) is -0.341. The Morgan fingerprint density at radius 1 is 1.07 bits per heavy atom. The maximum Gasteiger partial charge on any atom is 0.394 e. The molecule has 2 aromatic rings. The third kappa shape index (κ3) is 5.18. The van der Waals surface area contributed by atoms with Crippen molar-refractivity contribution >= 4 is 17.2 Å². The van der Waals surface area contributed by atoms with E-state index in [0.717, 1.165) is 61.8 Å². The number of hydrogen-bond acceptors (Lipinski definition) is 5. The van der Waals surface area contributed by atoms with E-state index in [1.54, 1.807) is 4.90 Å². The van der Waals surface area contributed by atoms with E-state index in [1.807, 2.05) is 30.3 Å². The number of alkyl halides is 4. The average molecular weight is 590 g/mol. The Morgan fingerprint density at radius 2 is 1.76 bits per heavy atom. The van der Waals surface area contributed by atoms with Gasteiger partial charge in [0.05, 0.1) is 18.6 Å². The summed E-state index contributed by atoms with van der Waals surface area (Å²) in [5, 5.41) is 4.17. The van der Waals surface area contributed by atoms with E-state index in [1.165, 1.54) is 20.8 Å². The molecule has 2 heterocycles. The van der Waals surface area contributed by atoms with Gasteiger partial charge in [0, 0.05) is 23.6 Å². The SMILES string of the molecule is CC(C)(F)c1nc(C23CCC(CN(C(=O)C4CC(C)(C(F)(F)F)C4)c4cccc(C5=CCOCC5)c4)(CC2)CC3)no1. The predicted octanol–water partition coefficient (Wildman–Crippen LogP) is 7.68. The molecule has 0 unspecified atom stereocenters. The van der Waals surface area contributed by atoms with Crippen molar-refractivity contribution in [3.05, 3.63) is 47.6 Å². The summed E-state index contributed by atoms with van der Waals surface area (Å²) in [7, 11) is 0. The molecule has 5 aliphatic rings. The van der Waals surface area contributed by atoms with Gasteiger partial charge in [0.1, 0.15) is 0 Å². The summed E-state index contributed by atoms with van der Waals surface area (Å²) in [6.45, 7) is 5.64. The topological polar surface area (TPSA) is 68.5 Å². The van der Waals surface area contributed by atoms with Gasteiger partial charge in [-0.05, 0) is 100 Å². The third-order valence-electron chi connectivity index (χ3n) is 10.5. The quantitative estimate of drug-likeness (QED) is 0.310. The minimum Gasteiger partial charge on any atom is -0.377 e. The van der Waals surface area contributed by atoms with Gasteiger partial charge in [-0.15, -0.1) is 0 Å². The number of benzene rings is 1. The number of ether oxygens (including phenoxy) is 1. The lowest BCUT2D eigenvalue weighted by atomic mass is 9.53. The smallest absolute Gasteiger partial charge is 0.377 e. The van der Waals surface area contributed by atoms with Crippen LogP contribution in [0.4, 0.5) is 23.2 Å². The molecule has 0 N–H and O–H groups in total. The summed E-state index contributed by atoms with van der Waals surface area (Å²) < 4.78 is 66.2. The van der Waals surface area contributed by atoms with Crippen LogP contribution in [0.15, 0.2) is 34.9 Å². The molecule has 1 aromatic carbocycles. The third-order valence-corrected chi connectivity index (χ3v) is 10.5. The molecule has 4 aliphatic carbocycles. The molecule has 228 valence electrons. The zero-order valence-corrected chi connectivity index (χ0v) is 24.5. The number of amides is 1. The van der Waals surface area contributed by atoms with Crippen LogP contribution in [0, 0.1) is 16.7 Å². The van der Waals surface area contributed by atoms with Gasteiger partial charge in [-0.2, -0.15) is 18.2 Å². The lowest BCUT2D eigenvalue weighted by Crippen LogP contribution is -2.55. The molecule has 7 rings (SSSR count). The van der Waals surface area contributed by atoms with Gasteiger partial charge in [0.15, 0.2) is 11.5 Å². The van der Waals surface area contributed by atoms with Crippen molar-refractivity contribution in [2.24, 2.45) is 16.7 Å². The van der Waals surface area contributed by atoms with E-state index in [4.69, 9.17) is 9.26 Å². The highest BCUT2D eigenvalue weighted by molar-refractivity contribution is 5.96. The van der Waals surface area contributed by atoms with Crippen molar-refractivity contribution in [2.75, 3.05) is 24.7 Å². The summed E-state index contributed by atoms with van der Waals surface area (Å²) >= 11 is 0.